The van der Waals surface area contributed by atoms with Gasteiger partial charge in [-0.3, -0.25) is 19.7 Å². The minimum Gasteiger partial charge on any atom is -0.361 e. The molecule has 2 atom stereocenters. The molecule has 4 rings (SSSR count). The van der Waals surface area contributed by atoms with Crippen LogP contribution in [0.15, 0.2) is 54.7 Å². The van der Waals surface area contributed by atoms with Gasteiger partial charge in [-0.2, -0.15) is 0 Å². The molecule has 8 nitrogen and oxygen atoms in total. The Bertz CT molecular complexity index is 1060. The molecule has 1 fully saturated rings. The molecule has 3 aromatic rings. The summed E-state index contributed by atoms with van der Waals surface area (Å²) >= 11 is 0. The minimum atomic E-state index is -0.779. The van der Waals surface area contributed by atoms with Crippen LogP contribution >= 0.6 is 0 Å². The van der Waals surface area contributed by atoms with E-state index in [-0.39, 0.29) is 23.9 Å². The third-order valence-electron chi connectivity index (χ3n) is 4.93. The Balaban J connectivity index is 1.53. The number of H-pyrrole nitrogens is 1. The number of nitro benzene ring substituents is 1. The lowest BCUT2D eigenvalue weighted by molar-refractivity contribution is -0.383. The predicted molar refractivity (Wildman–Crippen MR) is 103 cm³/mol. The van der Waals surface area contributed by atoms with E-state index in [2.05, 4.69) is 15.6 Å². The van der Waals surface area contributed by atoms with Crippen LogP contribution in [0.5, 0.6) is 0 Å². The Morgan fingerprint density at radius 3 is 2.25 bits per heavy atom. The van der Waals surface area contributed by atoms with Gasteiger partial charge in [0.2, 0.25) is 11.8 Å². The summed E-state index contributed by atoms with van der Waals surface area (Å²) in [4.78, 5) is 38.9. The zero-order chi connectivity index (χ0) is 19.7. The highest BCUT2D eigenvalue weighted by atomic mass is 16.6. The largest absolute Gasteiger partial charge is 0.361 e. The van der Waals surface area contributed by atoms with Crippen molar-refractivity contribution < 1.29 is 14.5 Å². The van der Waals surface area contributed by atoms with E-state index in [4.69, 9.17) is 0 Å². The summed E-state index contributed by atoms with van der Waals surface area (Å²) in [5.41, 5.74) is 2.16. The van der Waals surface area contributed by atoms with Crippen molar-refractivity contribution in [3.63, 3.8) is 0 Å². The first-order chi connectivity index (χ1) is 13.5. The van der Waals surface area contributed by atoms with Crippen LogP contribution < -0.4 is 10.6 Å². The number of nitrogens with one attached hydrogen (secondary N) is 3. The molecule has 0 unspecified atom stereocenters. The fourth-order valence-corrected chi connectivity index (χ4v) is 3.58. The molecule has 2 heterocycles. The Kier molecular flexibility index (Phi) is 4.52. The highest BCUT2D eigenvalue weighted by Crippen LogP contribution is 2.29. The third kappa shape index (κ3) is 3.32. The maximum Gasteiger partial charge on any atom is 0.279 e. The average molecular weight is 378 g/mol. The topological polar surface area (TPSA) is 117 Å². The highest BCUT2D eigenvalue weighted by Gasteiger charge is 2.34. The van der Waals surface area contributed by atoms with Crippen molar-refractivity contribution in [3.05, 3.63) is 76.0 Å². The lowest BCUT2D eigenvalue weighted by Gasteiger charge is -2.29. The Labute approximate surface area is 160 Å². The van der Waals surface area contributed by atoms with E-state index in [0.717, 1.165) is 5.56 Å². The zero-order valence-electron chi connectivity index (χ0n) is 14.8. The minimum absolute atomic E-state index is 0.0294. The molecule has 2 aromatic carbocycles. The summed E-state index contributed by atoms with van der Waals surface area (Å²) in [6.45, 7) is 0. The molecule has 142 valence electrons. The van der Waals surface area contributed by atoms with E-state index in [0.29, 0.717) is 22.9 Å². The first-order valence-corrected chi connectivity index (χ1v) is 8.91. The van der Waals surface area contributed by atoms with Crippen LogP contribution in [0, 0.1) is 10.1 Å². The van der Waals surface area contributed by atoms with Gasteiger partial charge < -0.3 is 15.6 Å². The van der Waals surface area contributed by atoms with E-state index in [1.54, 1.807) is 18.3 Å². The smallest absolute Gasteiger partial charge is 0.279 e. The molecule has 1 aromatic heterocycles. The summed E-state index contributed by atoms with van der Waals surface area (Å²) < 4.78 is 0. The van der Waals surface area contributed by atoms with Crippen molar-refractivity contribution in [2.75, 3.05) is 0 Å². The summed E-state index contributed by atoms with van der Waals surface area (Å²) in [6, 6.07) is 12.8. The van der Waals surface area contributed by atoms with Gasteiger partial charge in [-0.05, 0) is 17.2 Å². The van der Waals surface area contributed by atoms with Gasteiger partial charge in [-0.15, -0.1) is 0 Å². The summed E-state index contributed by atoms with van der Waals surface area (Å²) in [7, 11) is 0. The van der Waals surface area contributed by atoms with Crippen LogP contribution in [0.2, 0.25) is 0 Å². The maximum absolute atomic E-state index is 12.6. The monoisotopic (exact) mass is 378 g/mol. The SMILES string of the molecule is O=C1N[C@H](Cc2ccccc2)C(=O)N[C@H]1Cc1c[nH]c2cccc([N+](=O)[O-])c12. The number of hydrogen-bond acceptors (Lipinski definition) is 4. The van der Waals surface area contributed by atoms with Crippen LogP contribution in [-0.2, 0) is 22.4 Å². The molecule has 1 aliphatic rings. The zero-order valence-corrected chi connectivity index (χ0v) is 14.8. The summed E-state index contributed by atoms with van der Waals surface area (Å²) in [6.07, 6.45) is 2.22. The Morgan fingerprint density at radius 2 is 1.57 bits per heavy atom. The van der Waals surface area contributed by atoms with Gasteiger partial charge in [0.25, 0.3) is 5.69 Å². The summed E-state index contributed by atoms with van der Waals surface area (Å²) in [5.74, 6) is -0.559. The van der Waals surface area contributed by atoms with E-state index in [9.17, 15) is 19.7 Å². The molecule has 1 saturated heterocycles. The van der Waals surface area contributed by atoms with Crippen molar-refractivity contribution in [3.8, 4) is 0 Å². The second kappa shape index (κ2) is 7.15. The van der Waals surface area contributed by atoms with Gasteiger partial charge >= 0.3 is 0 Å². The number of nitro groups is 1. The third-order valence-corrected chi connectivity index (χ3v) is 4.93. The number of amides is 2. The fraction of sp³-hybridized carbons (Fsp3) is 0.200. The molecule has 3 N–H and O–H groups in total. The highest BCUT2D eigenvalue weighted by molar-refractivity contribution is 5.98. The number of hydrogen-bond donors (Lipinski definition) is 3. The number of piperazine rings is 1. The van der Waals surface area contributed by atoms with Crippen LogP contribution in [0.4, 0.5) is 5.69 Å². The molecule has 2 amide bonds. The second-order valence-corrected chi connectivity index (χ2v) is 6.79. The fourth-order valence-electron chi connectivity index (χ4n) is 3.58. The number of rotatable bonds is 5. The van der Waals surface area contributed by atoms with Crippen molar-refractivity contribution >= 4 is 28.4 Å². The number of benzene rings is 2. The molecule has 28 heavy (non-hydrogen) atoms. The molecule has 0 saturated carbocycles. The Morgan fingerprint density at radius 1 is 0.893 bits per heavy atom. The molecular weight excluding hydrogens is 360 g/mol. The van der Waals surface area contributed by atoms with Crippen LogP contribution in [0.25, 0.3) is 10.9 Å². The maximum atomic E-state index is 12.6. The number of fused-ring (bicyclic) bond motifs is 1. The van der Waals surface area contributed by atoms with Gasteiger partial charge in [0.15, 0.2) is 0 Å². The number of carbonyl (C=O) groups is 2. The van der Waals surface area contributed by atoms with Crippen LogP contribution in [-0.4, -0.2) is 33.8 Å². The van der Waals surface area contributed by atoms with Crippen LogP contribution in [0.1, 0.15) is 11.1 Å². The van der Waals surface area contributed by atoms with Gasteiger partial charge in [-0.1, -0.05) is 36.4 Å². The standard InChI is InChI=1S/C20H18N4O4/c25-19-15(9-12-5-2-1-3-6-12)22-20(26)16(23-19)10-13-11-21-14-7-4-8-17(18(13)14)24(27)28/h1-8,11,15-16,21H,9-10H2,(H,22,26)(H,23,25)/t15-,16+/m1/s1. The number of nitrogens with zero attached hydrogens (tertiary/aromatic N) is 1. The van der Waals surface area contributed by atoms with E-state index in [1.165, 1.54) is 6.07 Å². The van der Waals surface area contributed by atoms with Gasteiger partial charge in [-0.25, -0.2) is 0 Å². The van der Waals surface area contributed by atoms with Gasteiger partial charge in [0.1, 0.15) is 12.1 Å². The van der Waals surface area contributed by atoms with Crippen LogP contribution in [0.3, 0.4) is 0 Å². The van der Waals surface area contributed by atoms with Crippen molar-refractivity contribution in [2.45, 2.75) is 24.9 Å². The second-order valence-electron chi connectivity index (χ2n) is 6.79. The number of non-ortho nitro benzene ring substituents is 1. The molecule has 0 radical (unpaired) electrons. The molecule has 8 heteroatoms. The molecule has 0 bridgehead atoms. The lowest BCUT2D eigenvalue weighted by atomic mass is 9.98. The number of aromatic nitrogens is 1. The first-order valence-electron chi connectivity index (χ1n) is 8.91. The molecular formula is C20H18N4O4. The number of aromatic amines is 1. The van der Waals surface area contributed by atoms with E-state index < -0.39 is 17.0 Å². The predicted octanol–water partition coefficient (Wildman–Crippen LogP) is 1.84. The average Bonchev–Trinajstić information content (AvgIpc) is 3.09. The van der Waals surface area contributed by atoms with Crippen molar-refractivity contribution in [1.29, 1.82) is 0 Å². The van der Waals surface area contributed by atoms with E-state index in [1.807, 2.05) is 30.3 Å². The van der Waals surface area contributed by atoms with E-state index >= 15 is 0 Å². The lowest BCUT2D eigenvalue weighted by Crippen LogP contribution is -2.62. The van der Waals surface area contributed by atoms with Crippen molar-refractivity contribution in [1.82, 2.24) is 15.6 Å². The van der Waals surface area contributed by atoms with Gasteiger partial charge in [0, 0.05) is 25.1 Å². The molecule has 0 spiro atoms. The quantitative estimate of drug-likeness (QED) is 0.464. The van der Waals surface area contributed by atoms with Crippen molar-refractivity contribution in [2.24, 2.45) is 0 Å². The normalized spacial score (nSPS) is 19.3. The number of carbonyl (C=O) groups excluding carboxylic acids is 2. The summed E-state index contributed by atoms with van der Waals surface area (Å²) in [5, 5.41) is 17.3. The first kappa shape index (κ1) is 17.7. The van der Waals surface area contributed by atoms with Gasteiger partial charge in [0.05, 0.1) is 15.8 Å². The Hall–Kier alpha value is -3.68. The molecule has 0 aliphatic carbocycles. The molecule has 1 aliphatic heterocycles.